The fourth-order valence-electron chi connectivity index (χ4n) is 1.98. The van der Waals surface area contributed by atoms with Gasteiger partial charge in [-0.25, -0.2) is 4.39 Å². The number of primary amides is 1. The number of aromatic nitrogens is 1. The molecule has 6 heteroatoms. The Balaban J connectivity index is 2.55. The molecule has 0 radical (unpaired) electrons. The van der Waals surface area contributed by atoms with Gasteiger partial charge in [-0.1, -0.05) is 23.7 Å². The second kappa shape index (κ2) is 5.46. The summed E-state index contributed by atoms with van der Waals surface area (Å²) in [6, 6.07) is 7.01. The van der Waals surface area contributed by atoms with E-state index in [1.807, 2.05) is 6.92 Å². The van der Waals surface area contributed by atoms with Crippen molar-refractivity contribution in [1.82, 2.24) is 4.57 Å². The van der Waals surface area contributed by atoms with E-state index in [1.54, 1.807) is 18.3 Å². The van der Waals surface area contributed by atoms with Crippen LogP contribution in [0, 0.1) is 11.2 Å². The van der Waals surface area contributed by atoms with Gasteiger partial charge in [-0.05, 0) is 30.7 Å². The number of nitrogens with one attached hydrogen (secondary N) is 1. The molecule has 0 saturated heterocycles. The van der Waals surface area contributed by atoms with E-state index < -0.39 is 5.91 Å². The average Bonchev–Trinajstić information content (AvgIpc) is 2.41. The maximum atomic E-state index is 12.9. The number of nitrogens with two attached hydrogens (primary N) is 1. The molecule has 2 aromatic rings. The van der Waals surface area contributed by atoms with Gasteiger partial charge in [0.15, 0.2) is 0 Å². The van der Waals surface area contributed by atoms with Crippen LogP contribution in [0.4, 0.5) is 4.39 Å². The van der Waals surface area contributed by atoms with Crippen LogP contribution in [0.15, 0.2) is 36.5 Å². The quantitative estimate of drug-likeness (QED) is 0.896. The summed E-state index contributed by atoms with van der Waals surface area (Å²) in [5, 5.41) is 8.33. The summed E-state index contributed by atoms with van der Waals surface area (Å²) in [5.41, 5.74) is 6.04. The molecule has 1 heterocycles. The normalized spacial score (nSPS) is 12.2. The van der Waals surface area contributed by atoms with Crippen LogP contribution in [-0.2, 0) is 0 Å². The molecule has 0 spiro atoms. The van der Waals surface area contributed by atoms with Crippen molar-refractivity contribution in [3.05, 3.63) is 64.0 Å². The van der Waals surface area contributed by atoms with Gasteiger partial charge in [-0.2, -0.15) is 0 Å². The van der Waals surface area contributed by atoms with Crippen LogP contribution in [0.25, 0.3) is 0 Å². The number of halogens is 2. The van der Waals surface area contributed by atoms with E-state index in [2.05, 4.69) is 0 Å². The molecule has 0 aliphatic carbocycles. The Morgan fingerprint density at radius 1 is 1.40 bits per heavy atom. The summed E-state index contributed by atoms with van der Waals surface area (Å²) in [4.78, 5) is 11.3. The first-order chi connectivity index (χ1) is 9.40. The summed E-state index contributed by atoms with van der Waals surface area (Å²) in [6.07, 6.45) is 1.55. The van der Waals surface area contributed by atoms with Crippen molar-refractivity contribution in [1.29, 1.82) is 5.41 Å². The molecule has 0 aliphatic heterocycles. The highest BCUT2D eigenvalue weighted by atomic mass is 35.5. The SMILES string of the molecule is CC(c1ccc(F)cc1)n1cc(Cl)cc(C(N)=O)c1=N. The molecular formula is C14H13ClFN3O. The minimum Gasteiger partial charge on any atom is -0.365 e. The first-order valence-electron chi connectivity index (χ1n) is 5.91. The summed E-state index contributed by atoms with van der Waals surface area (Å²) in [6.45, 7) is 1.83. The molecule has 3 N–H and O–H groups in total. The van der Waals surface area contributed by atoms with E-state index in [-0.39, 0.29) is 22.9 Å². The maximum Gasteiger partial charge on any atom is 0.252 e. The van der Waals surface area contributed by atoms with Crippen molar-refractivity contribution >= 4 is 17.5 Å². The number of pyridine rings is 1. The van der Waals surface area contributed by atoms with Gasteiger partial charge >= 0.3 is 0 Å². The number of amides is 1. The zero-order chi connectivity index (χ0) is 14.9. The van der Waals surface area contributed by atoms with Gasteiger partial charge in [0.25, 0.3) is 5.91 Å². The molecule has 4 nitrogen and oxygen atoms in total. The largest absolute Gasteiger partial charge is 0.365 e. The topological polar surface area (TPSA) is 71.9 Å². The zero-order valence-corrected chi connectivity index (χ0v) is 11.5. The summed E-state index contributed by atoms with van der Waals surface area (Å²) in [7, 11) is 0. The van der Waals surface area contributed by atoms with Gasteiger partial charge < -0.3 is 10.3 Å². The molecule has 1 amide bonds. The number of carbonyl (C=O) groups excluding carboxylic acids is 1. The van der Waals surface area contributed by atoms with E-state index in [0.29, 0.717) is 5.02 Å². The molecule has 2 rings (SSSR count). The third-order valence-electron chi connectivity index (χ3n) is 3.09. The van der Waals surface area contributed by atoms with Crippen molar-refractivity contribution in [2.24, 2.45) is 5.73 Å². The van der Waals surface area contributed by atoms with E-state index in [0.717, 1.165) is 5.56 Å². The van der Waals surface area contributed by atoms with Crippen LogP contribution in [0.5, 0.6) is 0 Å². The number of nitrogens with zero attached hydrogens (tertiary/aromatic N) is 1. The molecule has 1 aromatic carbocycles. The Labute approximate surface area is 120 Å². The number of carbonyl (C=O) groups is 1. The minimum absolute atomic E-state index is 0.0290. The van der Waals surface area contributed by atoms with Crippen LogP contribution >= 0.6 is 11.6 Å². The third kappa shape index (κ3) is 2.72. The third-order valence-corrected chi connectivity index (χ3v) is 3.30. The number of benzene rings is 1. The first kappa shape index (κ1) is 14.3. The molecule has 104 valence electrons. The second-order valence-electron chi connectivity index (χ2n) is 4.42. The van der Waals surface area contributed by atoms with Gasteiger partial charge in [0.2, 0.25) is 0 Å². The summed E-state index contributed by atoms with van der Waals surface area (Å²) in [5.74, 6) is -1.04. The van der Waals surface area contributed by atoms with E-state index in [4.69, 9.17) is 22.7 Å². The zero-order valence-electron chi connectivity index (χ0n) is 10.7. The van der Waals surface area contributed by atoms with Crippen molar-refractivity contribution in [2.45, 2.75) is 13.0 Å². The lowest BCUT2D eigenvalue weighted by Gasteiger charge is -2.18. The molecule has 0 fully saturated rings. The van der Waals surface area contributed by atoms with Crippen LogP contribution in [0.2, 0.25) is 5.02 Å². The smallest absolute Gasteiger partial charge is 0.252 e. The molecule has 1 aromatic heterocycles. The van der Waals surface area contributed by atoms with Crippen molar-refractivity contribution in [3.63, 3.8) is 0 Å². The fraction of sp³-hybridized carbons (Fsp3) is 0.143. The summed E-state index contributed by atoms with van der Waals surface area (Å²) < 4.78 is 14.5. The highest BCUT2D eigenvalue weighted by molar-refractivity contribution is 6.30. The van der Waals surface area contributed by atoms with Gasteiger partial charge in [0, 0.05) is 6.20 Å². The Morgan fingerprint density at radius 3 is 2.55 bits per heavy atom. The predicted molar refractivity (Wildman–Crippen MR) is 74.0 cm³/mol. The Kier molecular flexibility index (Phi) is 3.90. The van der Waals surface area contributed by atoms with E-state index in [1.165, 1.54) is 22.8 Å². The first-order valence-corrected chi connectivity index (χ1v) is 6.29. The highest BCUT2D eigenvalue weighted by Gasteiger charge is 2.13. The Morgan fingerprint density at radius 2 is 2.00 bits per heavy atom. The second-order valence-corrected chi connectivity index (χ2v) is 4.86. The number of hydrogen-bond acceptors (Lipinski definition) is 2. The Hall–Kier alpha value is -2.14. The lowest BCUT2D eigenvalue weighted by molar-refractivity contribution is 0.0997. The highest BCUT2D eigenvalue weighted by Crippen LogP contribution is 2.19. The minimum atomic E-state index is -0.711. The molecule has 0 saturated carbocycles. The van der Waals surface area contributed by atoms with Crippen LogP contribution in [0.3, 0.4) is 0 Å². The lowest BCUT2D eigenvalue weighted by atomic mass is 10.1. The average molecular weight is 294 g/mol. The van der Waals surface area contributed by atoms with Gasteiger partial charge in [-0.15, -0.1) is 0 Å². The van der Waals surface area contributed by atoms with Gasteiger partial charge in [0.05, 0.1) is 16.6 Å². The molecule has 1 unspecified atom stereocenters. The fourth-order valence-corrected chi connectivity index (χ4v) is 2.19. The number of hydrogen-bond donors (Lipinski definition) is 2. The Bertz CT molecular complexity index is 709. The molecule has 1 atom stereocenters. The lowest BCUT2D eigenvalue weighted by Crippen LogP contribution is -2.31. The standard InChI is InChI=1S/C14H13ClFN3O/c1-8(9-2-4-11(16)5-3-9)19-7-10(15)6-12(13(19)17)14(18)20/h2-8,17H,1H3,(H2,18,20). The van der Waals surface area contributed by atoms with Gasteiger partial charge in [-0.3, -0.25) is 10.2 Å². The van der Waals surface area contributed by atoms with Crippen LogP contribution < -0.4 is 11.2 Å². The summed E-state index contributed by atoms with van der Waals surface area (Å²) >= 11 is 5.95. The molecule has 0 bridgehead atoms. The van der Waals surface area contributed by atoms with Crippen LogP contribution in [0.1, 0.15) is 28.9 Å². The molecule has 20 heavy (non-hydrogen) atoms. The number of rotatable bonds is 3. The van der Waals surface area contributed by atoms with Crippen molar-refractivity contribution in [2.75, 3.05) is 0 Å². The van der Waals surface area contributed by atoms with E-state index in [9.17, 15) is 9.18 Å². The van der Waals surface area contributed by atoms with Crippen LogP contribution in [-0.4, -0.2) is 10.5 Å². The maximum absolute atomic E-state index is 12.9. The molecule has 0 aliphatic rings. The van der Waals surface area contributed by atoms with Gasteiger partial charge in [0.1, 0.15) is 11.3 Å². The monoisotopic (exact) mass is 293 g/mol. The van der Waals surface area contributed by atoms with E-state index >= 15 is 0 Å². The molecular weight excluding hydrogens is 281 g/mol. The van der Waals surface area contributed by atoms with Crippen molar-refractivity contribution in [3.8, 4) is 0 Å². The predicted octanol–water partition coefficient (Wildman–Crippen LogP) is 2.47. The van der Waals surface area contributed by atoms with Crippen molar-refractivity contribution < 1.29 is 9.18 Å².